The van der Waals surface area contributed by atoms with Gasteiger partial charge in [-0.2, -0.15) is 0 Å². The Morgan fingerprint density at radius 3 is 2.63 bits per heavy atom. The fraction of sp³-hybridized carbons (Fsp3) is 0.385. The lowest BCUT2D eigenvalue weighted by Gasteiger charge is -2.09. The zero-order valence-electron chi connectivity index (χ0n) is 10.8. The van der Waals surface area contributed by atoms with Crippen LogP contribution in [0.4, 0.5) is 4.39 Å². The summed E-state index contributed by atoms with van der Waals surface area (Å²) in [6, 6.07) is 4.20. The normalized spacial score (nSPS) is 10.4. The van der Waals surface area contributed by atoms with Crippen LogP contribution in [0.3, 0.4) is 0 Å². The zero-order valence-corrected chi connectivity index (χ0v) is 12.4. The van der Waals surface area contributed by atoms with Crippen molar-refractivity contribution in [2.75, 3.05) is 6.54 Å². The molecule has 0 unspecified atom stereocenters. The van der Waals surface area contributed by atoms with Crippen LogP contribution in [0, 0.1) is 5.82 Å². The Hall–Kier alpha value is -1.43. The van der Waals surface area contributed by atoms with Gasteiger partial charge in [-0.3, -0.25) is 9.59 Å². The standard InChI is InChI=1S/C13H16BrFN2O2/c1-8(2)17-12(18)5-6-16-13(19)9-3-4-10(14)11(15)7-9/h3-4,7-8H,5-6H2,1-2H3,(H,16,19)(H,17,18). The highest BCUT2D eigenvalue weighted by molar-refractivity contribution is 9.10. The molecule has 104 valence electrons. The highest BCUT2D eigenvalue weighted by Crippen LogP contribution is 2.16. The van der Waals surface area contributed by atoms with E-state index in [4.69, 9.17) is 0 Å². The Morgan fingerprint density at radius 2 is 2.05 bits per heavy atom. The summed E-state index contributed by atoms with van der Waals surface area (Å²) in [5.74, 6) is -1.02. The third kappa shape index (κ3) is 5.38. The Labute approximate surface area is 119 Å². The van der Waals surface area contributed by atoms with E-state index in [1.54, 1.807) is 0 Å². The molecule has 0 saturated carbocycles. The lowest BCUT2D eigenvalue weighted by atomic mass is 10.2. The van der Waals surface area contributed by atoms with Crippen LogP contribution in [0.1, 0.15) is 30.6 Å². The molecule has 0 aromatic heterocycles. The van der Waals surface area contributed by atoms with Crippen LogP contribution in [0.2, 0.25) is 0 Å². The first-order valence-electron chi connectivity index (χ1n) is 5.92. The first-order chi connectivity index (χ1) is 8.90. The predicted molar refractivity (Wildman–Crippen MR) is 74.3 cm³/mol. The highest BCUT2D eigenvalue weighted by atomic mass is 79.9. The number of amides is 2. The van der Waals surface area contributed by atoms with Crippen LogP contribution in [-0.2, 0) is 4.79 Å². The van der Waals surface area contributed by atoms with Crippen molar-refractivity contribution >= 4 is 27.7 Å². The number of carbonyl (C=O) groups excluding carboxylic acids is 2. The van der Waals surface area contributed by atoms with E-state index < -0.39 is 11.7 Å². The van der Waals surface area contributed by atoms with Gasteiger partial charge in [0.25, 0.3) is 5.91 Å². The topological polar surface area (TPSA) is 58.2 Å². The summed E-state index contributed by atoms with van der Waals surface area (Å²) in [7, 11) is 0. The van der Waals surface area contributed by atoms with Crippen molar-refractivity contribution < 1.29 is 14.0 Å². The van der Waals surface area contributed by atoms with Crippen LogP contribution in [-0.4, -0.2) is 24.4 Å². The molecule has 1 aromatic rings. The van der Waals surface area contributed by atoms with Gasteiger partial charge in [-0.1, -0.05) is 0 Å². The maximum absolute atomic E-state index is 13.2. The lowest BCUT2D eigenvalue weighted by molar-refractivity contribution is -0.121. The summed E-state index contributed by atoms with van der Waals surface area (Å²) >= 11 is 3.01. The number of hydrogen-bond acceptors (Lipinski definition) is 2. The van der Waals surface area contributed by atoms with E-state index in [-0.39, 0.29) is 30.5 Å². The predicted octanol–water partition coefficient (Wildman–Crippen LogP) is 2.23. The van der Waals surface area contributed by atoms with Crippen molar-refractivity contribution in [1.29, 1.82) is 0 Å². The minimum Gasteiger partial charge on any atom is -0.354 e. The fourth-order valence-electron chi connectivity index (χ4n) is 1.42. The average molecular weight is 331 g/mol. The largest absolute Gasteiger partial charge is 0.354 e. The molecule has 0 saturated heterocycles. The van der Waals surface area contributed by atoms with Crippen molar-refractivity contribution in [2.24, 2.45) is 0 Å². The molecule has 19 heavy (non-hydrogen) atoms. The average Bonchev–Trinajstić information content (AvgIpc) is 2.31. The maximum atomic E-state index is 13.2. The minimum atomic E-state index is -0.495. The molecule has 1 rings (SSSR count). The third-order valence-electron chi connectivity index (χ3n) is 2.27. The molecular formula is C13H16BrFN2O2. The first-order valence-corrected chi connectivity index (χ1v) is 6.72. The SMILES string of the molecule is CC(C)NC(=O)CCNC(=O)c1ccc(Br)c(F)c1. The van der Waals surface area contributed by atoms with E-state index in [0.29, 0.717) is 4.47 Å². The van der Waals surface area contributed by atoms with Gasteiger partial charge in [-0.05, 0) is 48.0 Å². The Kier molecular flexibility index (Phi) is 5.95. The van der Waals surface area contributed by atoms with Crippen molar-refractivity contribution in [2.45, 2.75) is 26.3 Å². The monoisotopic (exact) mass is 330 g/mol. The minimum absolute atomic E-state index is 0.0729. The second-order valence-corrected chi connectivity index (χ2v) is 5.21. The Bertz CT molecular complexity index is 478. The molecule has 0 fully saturated rings. The van der Waals surface area contributed by atoms with Crippen LogP contribution in [0.15, 0.2) is 22.7 Å². The maximum Gasteiger partial charge on any atom is 0.251 e. The van der Waals surface area contributed by atoms with Crippen molar-refractivity contribution in [1.82, 2.24) is 10.6 Å². The molecule has 0 aliphatic carbocycles. The van der Waals surface area contributed by atoms with Gasteiger partial charge < -0.3 is 10.6 Å². The molecule has 4 nitrogen and oxygen atoms in total. The second-order valence-electron chi connectivity index (χ2n) is 4.36. The van der Waals surface area contributed by atoms with Crippen LogP contribution in [0.5, 0.6) is 0 Å². The Balaban J connectivity index is 2.43. The van der Waals surface area contributed by atoms with Gasteiger partial charge in [0.2, 0.25) is 5.91 Å². The Morgan fingerprint density at radius 1 is 1.37 bits per heavy atom. The summed E-state index contributed by atoms with van der Waals surface area (Å²) in [5.41, 5.74) is 0.227. The molecule has 0 heterocycles. The molecule has 2 N–H and O–H groups in total. The number of rotatable bonds is 5. The van der Waals surface area contributed by atoms with E-state index in [2.05, 4.69) is 26.6 Å². The third-order valence-corrected chi connectivity index (χ3v) is 2.91. The van der Waals surface area contributed by atoms with Crippen LogP contribution in [0.25, 0.3) is 0 Å². The number of hydrogen-bond donors (Lipinski definition) is 2. The quantitative estimate of drug-likeness (QED) is 0.869. The number of carbonyl (C=O) groups is 2. The number of benzene rings is 1. The molecule has 0 bridgehead atoms. The van der Waals surface area contributed by atoms with Crippen molar-refractivity contribution in [3.8, 4) is 0 Å². The number of nitrogens with one attached hydrogen (secondary N) is 2. The molecule has 0 aliphatic rings. The van der Waals surface area contributed by atoms with Gasteiger partial charge in [0, 0.05) is 24.6 Å². The summed E-state index contributed by atoms with van der Waals surface area (Å²) in [5, 5.41) is 5.28. The summed E-state index contributed by atoms with van der Waals surface area (Å²) in [6.07, 6.45) is 0.197. The van der Waals surface area contributed by atoms with E-state index >= 15 is 0 Å². The molecule has 6 heteroatoms. The van der Waals surface area contributed by atoms with Gasteiger partial charge in [0.1, 0.15) is 5.82 Å². The molecule has 0 radical (unpaired) electrons. The molecular weight excluding hydrogens is 315 g/mol. The van der Waals surface area contributed by atoms with Crippen LogP contribution >= 0.6 is 15.9 Å². The molecule has 0 aliphatic heterocycles. The van der Waals surface area contributed by atoms with E-state index in [1.165, 1.54) is 12.1 Å². The zero-order chi connectivity index (χ0) is 14.4. The van der Waals surface area contributed by atoms with Gasteiger partial charge >= 0.3 is 0 Å². The summed E-state index contributed by atoms with van der Waals surface area (Å²) < 4.78 is 13.5. The van der Waals surface area contributed by atoms with Crippen molar-refractivity contribution in [3.63, 3.8) is 0 Å². The van der Waals surface area contributed by atoms with E-state index in [0.717, 1.165) is 6.07 Å². The smallest absolute Gasteiger partial charge is 0.251 e. The molecule has 1 aromatic carbocycles. The van der Waals surface area contributed by atoms with E-state index in [1.807, 2.05) is 13.8 Å². The fourth-order valence-corrected chi connectivity index (χ4v) is 1.67. The first kappa shape index (κ1) is 15.6. The summed E-state index contributed by atoms with van der Waals surface area (Å²) in [4.78, 5) is 23.0. The lowest BCUT2D eigenvalue weighted by Crippen LogP contribution is -2.34. The van der Waals surface area contributed by atoms with Gasteiger partial charge in [-0.25, -0.2) is 4.39 Å². The van der Waals surface area contributed by atoms with Gasteiger partial charge in [-0.15, -0.1) is 0 Å². The van der Waals surface area contributed by atoms with Gasteiger partial charge in [0.15, 0.2) is 0 Å². The van der Waals surface area contributed by atoms with Gasteiger partial charge in [0.05, 0.1) is 4.47 Å². The molecule has 2 amide bonds. The summed E-state index contributed by atoms with van der Waals surface area (Å²) in [6.45, 7) is 3.94. The number of halogens is 2. The molecule has 0 atom stereocenters. The second kappa shape index (κ2) is 7.23. The van der Waals surface area contributed by atoms with E-state index in [9.17, 15) is 14.0 Å². The van der Waals surface area contributed by atoms with Crippen LogP contribution < -0.4 is 10.6 Å². The highest BCUT2D eigenvalue weighted by Gasteiger charge is 2.09. The van der Waals surface area contributed by atoms with Crippen molar-refractivity contribution in [3.05, 3.63) is 34.1 Å². The molecule has 0 spiro atoms.